The zero-order valence-corrected chi connectivity index (χ0v) is 14.2. The maximum Gasteiger partial charge on any atom is 0.339 e. The van der Waals surface area contributed by atoms with E-state index in [2.05, 4.69) is 15.4 Å². The molecule has 128 valence electrons. The standard InChI is InChI=1S/C18H18N4O3/c1-11(2)22-16-12(10-20-22)8-13(9-19-16)17(23)21-15-7-5-4-6-14(15)18(24)25-3/h4-11H,1-3H3,(H,21,23). The summed E-state index contributed by atoms with van der Waals surface area (Å²) in [5.41, 5.74) is 1.79. The molecule has 25 heavy (non-hydrogen) atoms. The van der Waals surface area contributed by atoms with Gasteiger partial charge in [0.2, 0.25) is 0 Å². The number of ether oxygens (including phenoxy) is 1. The summed E-state index contributed by atoms with van der Waals surface area (Å²) in [6.45, 7) is 4.02. The smallest absolute Gasteiger partial charge is 0.339 e. The number of aromatic nitrogens is 3. The van der Waals surface area contributed by atoms with Gasteiger partial charge in [-0.2, -0.15) is 5.10 Å². The topological polar surface area (TPSA) is 86.1 Å². The number of hydrogen-bond donors (Lipinski definition) is 1. The van der Waals surface area contributed by atoms with Gasteiger partial charge in [-0.15, -0.1) is 0 Å². The van der Waals surface area contributed by atoms with Crippen molar-refractivity contribution in [3.63, 3.8) is 0 Å². The number of nitrogens with one attached hydrogen (secondary N) is 1. The Bertz CT molecular complexity index is 946. The van der Waals surface area contributed by atoms with E-state index in [1.165, 1.54) is 13.3 Å². The molecule has 0 bridgehead atoms. The summed E-state index contributed by atoms with van der Waals surface area (Å²) in [5.74, 6) is -0.870. The average Bonchev–Trinajstić information content (AvgIpc) is 3.05. The Labute approximate surface area is 144 Å². The number of benzene rings is 1. The van der Waals surface area contributed by atoms with Crippen molar-refractivity contribution in [3.8, 4) is 0 Å². The van der Waals surface area contributed by atoms with E-state index in [0.29, 0.717) is 16.8 Å². The molecule has 1 N–H and O–H groups in total. The fraction of sp³-hybridized carbons (Fsp3) is 0.222. The molecule has 0 fully saturated rings. The number of esters is 1. The zero-order chi connectivity index (χ0) is 18.0. The first kappa shape index (κ1) is 16.6. The van der Waals surface area contributed by atoms with Crippen LogP contribution in [0.5, 0.6) is 0 Å². The molecular formula is C18H18N4O3. The number of methoxy groups -OCH3 is 1. The fourth-order valence-electron chi connectivity index (χ4n) is 2.52. The number of rotatable bonds is 4. The second-order valence-corrected chi connectivity index (χ2v) is 5.81. The molecule has 1 aromatic carbocycles. The minimum absolute atomic E-state index is 0.177. The molecule has 2 aromatic heterocycles. The summed E-state index contributed by atoms with van der Waals surface area (Å²) < 4.78 is 6.53. The van der Waals surface area contributed by atoms with Gasteiger partial charge in [-0.1, -0.05) is 12.1 Å². The largest absolute Gasteiger partial charge is 0.465 e. The second kappa shape index (κ2) is 6.72. The molecule has 0 saturated heterocycles. The van der Waals surface area contributed by atoms with E-state index >= 15 is 0 Å². The number of carbonyl (C=O) groups is 2. The lowest BCUT2D eigenvalue weighted by molar-refractivity contribution is 0.0602. The van der Waals surface area contributed by atoms with E-state index in [4.69, 9.17) is 4.74 Å². The van der Waals surface area contributed by atoms with Crippen molar-refractivity contribution in [1.29, 1.82) is 0 Å². The second-order valence-electron chi connectivity index (χ2n) is 5.81. The molecule has 0 unspecified atom stereocenters. The lowest BCUT2D eigenvalue weighted by Crippen LogP contribution is -2.15. The van der Waals surface area contributed by atoms with Gasteiger partial charge in [0.1, 0.15) is 0 Å². The van der Waals surface area contributed by atoms with E-state index in [9.17, 15) is 9.59 Å². The molecule has 0 aliphatic heterocycles. The summed E-state index contributed by atoms with van der Waals surface area (Å²) in [7, 11) is 1.30. The summed E-state index contributed by atoms with van der Waals surface area (Å²) in [6, 6.07) is 8.58. The van der Waals surface area contributed by atoms with Gasteiger partial charge in [0.25, 0.3) is 5.91 Å². The minimum Gasteiger partial charge on any atom is -0.465 e. The molecule has 7 nitrogen and oxygen atoms in total. The van der Waals surface area contributed by atoms with Crippen LogP contribution in [0.25, 0.3) is 11.0 Å². The third kappa shape index (κ3) is 3.21. The zero-order valence-electron chi connectivity index (χ0n) is 14.2. The predicted molar refractivity (Wildman–Crippen MR) is 93.6 cm³/mol. The van der Waals surface area contributed by atoms with Crippen LogP contribution in [-0.4, -0.2) is 33.8 Å². The molecule has 0 radical (unpaired) electrons. The van der Waals surface area contributed by atoms with Crippen LogP contribution in [0.15, 0.2) is 42.7 Å². The number of carbonyl (C=O) groups excluding carboxylic acids is 2. The van der Waals surface area contributed by atoms with Crippen LogP contribution in [0.3, 0.4) is 0 Å². The van der Waals surface area contributed by atoms with E-state index < -0.39 is 5.97 Å². The number of hydrogen-bond acceptors (Lipinski definition) is 5. The highest BCUT2D eigenvalue weighted by molar-refractivity contribution is 6.08. The quantitative estimate of drug-likeness (QED) is 0.739. The molecular weight excluding hydrogens is 320 g/mol. The van der Waals surface area contributed by atoms with E-state index in [1.54, 1.807) is 41.2 Å². The number of anilines is 1. The molecule has 1 amide bonds. The van der Waals surface area contributed by atoms with Gasteiger partial charge in [-0.05, 0) is 32.0 Å². The molecule has 0 aliphatic rings. The maximum absolute atomic E-state index is 12.5. The van der Waals surface area contributed by atoms with Gasteiger partial charge >= 0.3 is 5.97 Å². The Hall–Kier alpha value is -3.22. The molecule has 3 aromatic rings. The third-order valence-corrected chi connectivity index (χ3v) is 3.77. The molecule has 0 aliphatic carbocycles. The van der Waals surface area contributed by atoms with E-state index in [1.807, 2.05) is 13.8 Å². The lowest BCUT2D eigenvalue weighted by Gasteiger charge is -2.10. The highest BCUT2D eigenvalue weighted by atomic mass is 16.5. The average molecular weight is 338 g/mol. The summed E-state index contributed by atoms with van der Waals surface area (Å²) >= 11 is 0. The Kier molecular flexibility index (Phi) is 4.47. The van der Waals surface area contributed by atoms with Crippen molar-refractivity contribution < 1.29 is 14.3 Å². The molecule has 7 heteroatoms. The van der Waals surface area contributed by atoms with Crippen molar-refractivity contribution in [2.75, 3.05) is 12.4 Å². The van der Waals surface area contributed by atoms with Gasteiger partial charge in [-0.25, -0.2) is 14.5 Å². The number of fused-ring (bicyclic) bond motifs is 1. The van der Waals surface area contributed by atoms with Crippen molar-refractivity contribution in [2.45, 2.75) is 19.9 Å². The highest BCUT2D eigenvalue weighted by Gasteiger charge is 2.16. The van der Waals surface area contributed by atoms with E-state index in [-0.39, 0.29) is 11.9 Å². The first-order valence-corrected chi connectivity index (χ1v) is 7.83. The van der Waals surface area contributed by atoms with Crippen LogP contribution in [0, 0.1) is 0 Å². The van der Waals surface area contributed by atoms with Crippen molar-refractivity contribution >= 4 is 28.6 Å². The normalized spacial score (nSPS) is 10.9. The van der Waals surface area contributed by atoms with Crippen molar-refractivity contribution in [3.05, 3.63) is 53.9 Å². The Morgan fingerprint density at radius 1 is 1.20 bits per heavy atom. The molecule has 0 spiro atoms. The number of nitrogens with zero attached hydrogens (tertiary/aromatic N) is 3. The number of para-hydroxylation sites is 1. The van der Waals surface area contributed by atoms with E-state index in [0.717, 1.165) is 11.0 Å². The molecule has 0 saturated carbocycles. The molecule has 3 rings (SSSR count). The van der Waals surface area contributed by atoms with Crippen LogP contribution in [0.4, 0.5) is 5.69 Å². The fourth-order valence-corrected chi connectivity index (χ4v) is 2.52. The Morgan fingerprint density at radius 3 is 2.68 bits per heavy atom. The summed E-state index contributed by atoms with van der Waals surface area (Å²) in [4.78, 5) is 28.7. The van der Waals surface area contributed by atoms with Gasteiger partial charge < -0.3 is 10.1 Å². The van der Waals surface area contributed by atoms with Gasteiger partial charge in [0.05, 0.1) is 30.1 Å². The highest BCUT2D eigenvalue weighted by Crippen LogP contribution is 2.20. The van der Waals surface area contributed by atoms with Gasteiger partial charge in [0, 0.05) is 17.6 Å². The summed E-state index contributed by atoms with van der Waals surface area (Å²) in [5, 5.41) is 7.80. The number of pyridine rings is 1. The molecule has 2 heterocycles. The predicted octanol–water partition coefficient (Wildman–Crippen LogP) is 3.05. The first-order valence-electron chi connectivity index (χ1n) is 7.83. The maximum atomic E-state index is 12.5. The molecule has 0 atom stereocenters. The van der Waals surface area contributed by atoms with Crippen molar-refractivity contribution in [2.24, 2.45) is 0 Å². The lowest BCUT2D eigenvalue weighted by atomic mass is 10.1. The van der Waals surface area contributed by atoms with Gasteiger partial charge in [0.15, 0.2) is 5.65 Å². The number of amides is 1. The van der Waals surface area contributed by atoms with Crippen LogP contribution in [-0.2, 0) is 4.74 Å². The Morgan fingerprint density at radius 2 is 1.96 bits per heavy atom. The first-order chi connectivity index (χ1) is 12.0. The van der Waals surface area contributed by atoms with Gasteiger partial charge in [-0.3, -0.25) is 4.79 Å². The van der Waals surface area contributed by atoms with Crippen LogP contribution >= 0.6 is 0 Å². The van der Waals surface area contributed by atoms with Crippen LogP contribution < -0.4 is 5.32 Å². The van der Waals surface area contributed by atoms with Crippen molar-refractivity contribution in [1.82, 2.24) is 14.8 Å². The monoisotopic (exact) mass is 338 g/mol. The summed E-state index contributed by atoms with van der Waals surface area (Å²) in [6.07, 6.45) is 3.18. The van der Waals surface area contributed by atoms with Crippen LogP contribution in [0.1, 0.15) is 40.6 Å². The Balaban J connectivity index is 1.90. The third-order valence-electron chi connectivity index (χ3n) is 3.77. The SMILES string of the molecule is COC(=O)c1ccccc1NC(=O)c1cnc2c(cnn2C(C)C)c1. The minimum atomic E-state index is -0.511. The van der Waals surface area contributed by atoms with Crippen LogP contribution in [0.2, 0.25) is 0 Å².